The van der Waals surface area contributed by atoms with Crippen LogP contribution < -0.4 is 5.32 Å². The molecule has 3 unspecified atom stereocenters. The van der Waals surface area contributed by atoms with Crippen molar-refractivity contribution in [1.82, 2.24) is 5.32 Å². The van der Waals surface area contributed by atoms with Crippen molar-refractivity contribution in [1.29, 1.82) is 0 Å². The number of ether oxygens (including phenoxy) is 1. The highest BCUT2D eigenvalue weighted by Gasteiger charge is 2.31. The van der Waals surface area contributed by atoms with Crippen molar-refractivity contribution in [3.8, 4) is 0 Å². The molecular formula is C14H25NO2. The molecule has 0 bridgehead atoms. The molecule has 1 aliphatic carbocycles. The van der Waals surface area contributed by atoms with Gasteiger partial charge in [-0.3, -0.25) is 0 Å². The van der Waals surface area contributed by atoms with Gasteiger partial charge in [0.2, 0.25) is 0 Å². The number of rotatable bonds is 4. The van der Waals surface area contributed by atoms with E-state index in [0.717, 1.165) is 24.8 Å². The molecule has 1 saturated carbocycles. The van der Waals surface area contributed by atoms with Gasteiger partial charge in [0.1, 0.15) is 6.10 Å². The van der Waals surface area contributed by atoms with Crippen LogP contribution in [0.2, 0.25) is 0 Å². The van der Waals surface area contributed by atoms with Crippen molar-refractivity contribution in [2.24, 2.45) is 11.8 Å². The van der Waals surface area contributed by atoms with Crippen molar-refractivity contribution in [2.45, 2.75) is 52.6 Å². The van der Waals surface area contributed by atoms with Crippen LogP contribution in [0.15, 0.2) is 12.2 Å². The van der Waals surface area contributed by atoms with Crippen LogP contribution >= 0.6 is 0 Å². The average molecular weight is 239 g/mol. The van der Waals surface area contributed by atoms with E-state index in [-0.39, 0.29) is 12.2 Å². The van der Waals surface area contributed by atoms with Gasteiger partial charge in [-0.05, 0) is 38.5 Å². The molecule has 0 aliphatic heterocycles. The lowest BCUT2D eigenvalue weighted by molar-refractivity contribution is 0.0350. The van der Waals surface area contributed by atoms with E-state index in [9.17, 15) is 4.79 Å². The fraction of sp³-hybridized carbons (Fsp3) is 0.786. The predicted molar refractivity (Wildman–Crippen MR) is 69.9 cm³/mol. The van der Waals surface area contributed by atoms with Gasteiger partial charge in [0.05, 0.1) is 0 Å². The summed E-state index contributed by atoms with van der Waals surface area (Å²) < 4.78 is 5.53. The Balaban J connectivity index is 2.51. The lowest BCUT2D eigenvalue weighted by atomic mass is 9.78. The summed E-state index contributed by atoms with van der Waals surface area (Å²) in [6, 6.07) is 0. The first-order valence-electron chi connectivity index (χ1n) is 6.64. The molecule has 0 spiro atoms. The van der Waals surface area contributed by atoms with Gasteiger partial charge in [-0.1, -0.05) is 26.0 Å². The largest absolute Gasteiger partial charge is 0.446 e. The Morgan fingerprint density at radius 2 is 2.18 bits per heavy atom. The number of carbonyl (C=O) groups is 1. The number of hydrogen-bond donors (Lipinski definition) is 1. The fourth-order valence-corrected chi connectivity index (χ4v) is 2.43. The topological polar surface area (TPSA) is 38.3 Å². The Bertz CT molecular complexity index is 275. The zero-order chi connectivity index (χ0) is 12.8. The third-order valence-corrected chi connectivity index (χ3v) is 3.46. The Labute approximate surface area is 105 Å². The second-order valence-corrected chi connectivity index (χ2v) is 5.24. The van der Waals surface area contributed by atoms with E-state index in [1.54, 1.807) is 0 Å². The highest BCUT2D eigenvalue weighted by molar-refractivity contribution is 5.67. The van der Waals surface area contributed by atoms with Crippen molar-refractivity contribution < 1.29 is 9.53 Å². The van der Waals surface area contributed by atoms with E-state index < -0.39 is 0 Å². The standard InChI is InChI=1S/C14H25NO2/c1-5-8-15-14(16)17-13-9-11(4)6-7-12(13)10(2)3/h11-13H,2,5-9H2,1,3-4H3,(H,15,16). The molecule has 1 amide bonds. The summed E-state index contributed by atoms with van der Waals surface area (Å²) in [5.74, 6) is 0.966. The average Bonchev–Trinajstić information content (AvgIpc) is 2.26. The lowest BCUT2D eigenvalue weighted by Crippen LogP contribution is -2.37. The molecule has 0 aromatic heterocycles. The summed E-state index contributed by atoms with van der Waals surface area (Å²) in [4.78, 5) is 11.6. The molecule has 1 rings (SSSR count). The van der Waals surface area contributed by atoms with Crippen LogP contribution in [0.5, 0.6) is 0 Å². The molecule has 0 aromatic carbocycles. The third-order valence-electron chi connectivity index (χ3n) is 3.46. The van der Waals surface area contributed by atoms with Crippen LogP contribution in [-0.4, -0.2) is 18.7 Å². The molecule has 0 radical (unpaired) electrons. The Kier molecular flexibility index (Phi) is 5.52. The van der Waals surface area contributed by atoms with Crippen molar-refractivity contribution >= 4 is 6.09 Å². The Morgan fingerprint density at radius 3 is 2.76 bits per heavy atom. The maximum Gasteiger partial charge on any atom is 0.407 e. The number of carbonyl (C=O) groups excluding carboxylic acids is 1. The second-order valence-electron chi connectivity index (χ2n) is 5.24. The van der Waals surface area contributed by atoms with Gasteiger partial charge in [-0.15, -0.1) is 0 Å². The van der Waals surface area contributed by atoms with Crippen LogP contribution in [0, 0.1) is 11.8 Å². The number of amides is 1. The first kappa shape index (κ1) is 14.1. The maximum atomic E-state index is 11.6. The third kappa shape index (κ3) is 4.41. The zero-order valence-corrected chi connectivity index (χ0v) is 11.3. The summed E-state index contributed by atoms with van der Waals surface area (Å²) in [5, 5.41) is 2.76. The molecule has 98 valence electrons. The molecule has 3 nitrogen and oxygen atoms in total. The van der Waals surface area contributed by atoms with E-state index in [1.807, 2.05) is 13.8 Å². The molecule has 3 atom stereocenters. The van der Waals surface area contributed by atoms with Crippen LogP contribution in [0.3, 0.4) is 0 Å². The molecule has 1 fully saturated rings. The van der Waals surface area contributed by atoms with Gasteiger partial charge >= 0.3 is 6.09 Å². The number of nitrogens with one attached hydrogen (secondary N) is 1. The molecule has 17 heavy (non-hydrogen) atoms. The van der Waals surface area contributed by atoms with Crippen LogP contribution in [0.1, 0.15) is 46.5 Å². The minimum absolute atomic E-state index is 0.00751. The van der Waals surface area contributed by atoms with Crippen LogP contribution in [-0.2, 0) is 4.74 Å². The van der Waals surface area contributed by atoms with E-state index in [2.05, 4.69) is 18.8 Å². The summed E-state index contributed by atoms with van der Waals surface area (Å²) in [6.07, 6.45) is 3.90. The van der Waals surface area contributed by atoms with Gasteiger partial charge in [0.25, 0.3) is 0 Å². The highest BCUT2D eigenvalue weighted by atomic mass is 16.6. The van der Waals surface area contributed by atoms with Crippen molar-refractivity contribution in [2.75, 3.05) is 6.54 Å². The quantitative estimate of drug-likeness (QED) is 0.762. The SMILES string of the molecule is C=C(C)C1CCC(C)CC1OC(=O)NCCC. The monoisotopic (exact) mass is 239 g/mol. The smallest absolute Gasteiger partial charge is 0.407 e. The first-order valence-corrected chi connectivity index (χ1v) is 6.64. The van der Waals surface area contributed by atoms with Crippen LogP contribution in [0.25, 0.3) is 0 Å². The number of alkyl carbamates (subject to hydrolysis) is 1. The summed E-state index contributed by atoms with van der Waals surface area (Å²) in [5.41, 5.74) is 1.13. The molecule has 0 heterocycles. The Morgan fingerprint density at radius 1 is 1.47 bits per heavy atom. The zero-order valence-electron chi connectivity index (χ0n) is 11.3. The minimum atomic E-state index is -0.280. The molecule has 1 aliphatic rings. The molecule has 0 aromatic rings. The molecule has 3 heteroatoms. The van der Waals surface area contributed by atoms with Crippen molar-refractivity contribution in [3.05, 3.63) is 12.2 Å². The van der Waals surface area contributed by atoms with Gasteiger partial charge in [-0.2, -0.15) is 0 Å². The van der Waals surface area contributed by atoms with E-state index in [4.69, 9.17) is 4.74 Å². The summed E-state index contributed by atoms with van der Waals surface area (Å²) >= 11 is 0. The first-order chi connectivity index (χ1) is 8.04. The van der Waals surface area contributed by atoms with E-state index in [0.29, 0.717) is 18.4 Å². The second kappa shape index (κ2) is 6.67. The maximum absolute atomic E-state index is 11.6. The molecule has 1 N–H and O–H groups in total. The summed E-state index contributed by atoms with van der Waals surface area (Å²) in [6.45, 7) is 11.0. The highest BCUT2D eigenvalue weighted by Crippen LogP contribution is 2.34. The minimum Gasteiger partial charge on any atom is -0.446 e. The van der Waals surface area contributed by atoms with Gasteiger partial charge in [0, 0.05) is 12.5 Å². The van der Waals surface area contributed by atoms with Gasteiger partial charge in [-0.25, -0.2) is 4.79 Å². The van der Waals surface area contributed by atoms with E-state index in [1.165, 1.54) is 6.42 Å². The predicted octanol–water partition coefficient (Wildman–Crippen LogP) is 3.50. The molecular weight excluding hydrogens is 214 g/mol. The molecule has 0 saturated heterocycles. The fourth-order valence-electron chi connectivity index (χ4n) is 2.43. The van der Waals surface area contributed by atoms with Gasteiger partial charge < -0.3 is 10.1 Å². The Hall–Kier alpha value is -0.990. The number of hydrogen-bond acceptors (Lipinski definition) is 2. The van der Waals surface area contributed by atoms with Gasteiger partial charge in [0.15, 0.2) is 0 Å². The summed E-state index contributed by atoms with van der Waals surface area (Å²) in [7, 11) is 0. The van der Waals surface area contributed by atoms with E-state index >= 15 is 0 Å². The van der Waals surface area contributed by atoms with Crippen LogP contribution in [0.4, 0.5) is 4.79 Å². The lowest BCUT2D eigenvalue weighted by Gasteiger charge is -2.34. The van der Waals surface area contributed by atoms with Crippen molar-refractivity contribution in [3.63, 3.8) is 0 Å². The normalized spacial score (nSPS) is 28.5.